The Balaban J connectivity index is 1.43. The fourth-order valence-corrected chi connectivity index (χ4v) is 3.52. The first-order valence-electron chi connectivity index (χ1n) is 9.11. The standard InChI is InChI=1S/C21H27NO2/c1-22(19-10-3-2-4-11-19)21(23)12-7-15-24-20-14-13-17-8-5-6-9-18(17)16-20/h5-6,8-9,13-14,16,19H,2-4,7,10-12,15H2,1H3. The minimum absolute atomic E-state index is 0.254. The zero-order valence-corrected chi connectivity index (χ0v) is 14.5. The number of hydrogen-bond acceptors (Lipinski definition) is 2. The van der Waals surface area contributed by atoms with E-state index in [4.69, 9.17) is 4.74 Å². The Labute approximate surface area is 144 Å². The van der Waals surface area contributed by atoms with E-state index >= 15 is 0 Å². The molecule has 2 aromatic carbocycles. The first-order valence-corrected chi connectivity index (χ1v) is 9.11. The highest BCUT2D eigenvalue weighted by atomic mass is 16.5. The molecule has 3 nitrogen and oxygen atoms in total. The second kappa shape index (κ2) is 8.18. The van der Waals surface area contributed by atoms with Crippen LogP contribution in [0.25, 0.3) is 10.8 Å². The fraction of sp³-hybridized carbons (Fsp3) is 0.476. The van der Waals surface area contributed by atoms with E-state index in [-0.39, 0.29) is 5.91 Å². The lowest BCUT2D eigenvalue weighted by molar-refractivity contribution is -0.132. The highest BCUT2D eigenvalue weighted by Crippen LogP contribution is 2.23. The quantitative estimate of drug-likeness (QED) is 0.715. The van der Waals surface area contributed by atoms with Gasteiger partial charge in [-0.05, 0) is 42.2 Å². The molecule has 3 rings (SSSR count). The van der Waals surface area contributed by atoms with Crippen LogP contribution in [0.1, 0.15) is 44.9 Å². The molecule has 0 heterocycles. The number of ether oxygens (including phenoxy) is 1. The highest BCUT2D eigenvalue weighted by molar-refractivity contribution is 5.83. The molecule has 0 aromatic heterocycles. The van der Waals surface area contributed by atoms with Crippen molar-refractivity contribution in [1.29, 1.82) is 0 Å². The van der Waals surface area contributed by atoms with Gasteiger partial charge in [-0.15, -0.1) is 0 Å². The van der Waals surface area contributed by atoms with E-state index in [1.165, 1.54) is 30.0 Å². The molecule has 1 saturated carbocycles. The maximum atomic E-state index is 12.3. The molecule has 0 saturated heterocycles. The molecule has 1 aliphatic carbocycles. The monoisotopic (exact) mass is 325 g/mol. The van der Waals surface area contributed by atoms with Gasteiger partial charge in [0.15, 0.2) is 0 Å². The third kappa shape index (κ3) is 4.28. The van der Waals surface area contributed by atoms with E-state index < -0.39 is 0 Å². The van der Waals surface area contributed by atoms with E-state index in [0.717, 1.165) is 25.0 Å². The molecule has 0 aliphatic heterocycles. The molecule has 0 atom stereocenters. The summed E-state index contributed by atoms with van der Waals surface area (Å²) in [6.07, 6.45) is 7.49. The first kappa shape index (κ1) is 16.8. The Morgan fingerprint density at radius 3 is 2.62 bits per heavy atom. The number of rotatable bonds is 6. The predicted octanol–water partition coefficient (Wildman–Crippen LogP) is 4.79. The molecule has 1 amide bonds. The Morgan fingerprint density at radius 1 is 1.08 bits per heavy atom. The summed E-state index contributed by atoms with van der Waals surface area (Å²) in [5.41, 5.74) is 0. The van der Waals surface area contributed by atoms with Crippen molar-refractivity contribution in [2.24, 2.45) is 0 Å². The molecule has 0 spiro atoms. The second-order valence-electron chi connectivity index (χ2n) is 6.76. The van der Waals surface area contributed by atoms with Crippen molar-refractivity contribution in [3.05, 3.63) is 42.5 Å². The summed E-state index contributed by atoms with van der Waals surface area (Å²) < 4.78 is 5.82. The molecule has 0 bridgehead atoms. The average molecular weight is 325 g/mol. The van der Waals surface area contributed by atoms with Crippen LogP contribution >= 0.6 is 0 Å². The Morgan fingerprint density at radius 2 is 1.83 bits per heavy atom. The van der Waals surface area contributed by atoms with Crippen molar-refractivity contribution in [2.45, 2.75) is 51.0 Å². The van der Waals surface area contributed by atoms with Gasteiger partial charge in [-0.3, -0.25) is 4.79 Å². The molecule has 3 heteroatoms. The molecular weight excluding hydrogens is 298 g/mol. The maximum Gasteiger partial charge on any atom is 0.222 e. The summed E-state index contributed by atoms with van der Waals surface area (Å²) in [7, 11) is 1.96. The summed E-state index contributed by atoms with van der Waals surface area (Å²) in [5.74, 6) is 1.13. The zero-order chi connectivity index (χ0) is 16.8. The van der Waals surface area contributed by atoms with Crippen LogP contribution in [0.3, 0.4) is 0 Å². The summed E-state index contributed by atoms with van der Waals surface area (Å²) >= 11 is 0. The normalized spacial score (nSPS) is 15.4. The van der Waals surface area contributed by atoms with Gasteiger partial charge in [0.1, 0.15) is 5.75 Å². The van der Waals surface area contributed by atoms with Crippen LogP contribution in [0, 0.1) is 0 Å². The lowest BCUT2D eigenvalue weighted by atomic mass is 9.94. The van der Waals surface area contributed by atoms with Gasteiger partial charge < -0.3 is 9.64 Å². The number of amides is 1. The van der Waals surface area contributed by atoms with Crippen molar-refractivity contribution in [3.63, 3.8) is 0 Å². The Kier molecular flexibility index (Phi) is 5.73. The van der Waals surface area contributed by atoms with Crippen molar-refractivity contribution in [3.8, 4) is 5.75 Å². The topological polar surface area (TPSA) is 29.5 Å². The summed E-state index contributed by atoms with van der Waals surface area (Å²) in [4.78, 5) is 14.3. The van der Waals surface area contributed by atoms with Crippen LogP contribution in [0.15, 0.2) is 42.5 Å². The summed E-state index contributed by atoms with van der Waals surface area (Å²) in [5, 5.41) is 2.40. The molecule has 24 heavy (non-hydrogen) atoms. The molecule has 0 N–H and O–H groups in total. The van der Waals surface area contributed by atoms with Gasteiger partial charge in [0.25, 0.3) is 0 Å². The number of fused-ring (bicyclic) bond motifs is 1. The predicted molar refractivity (Wildman–Crippen MR) is 98.3 cm³/mol. The van der Waals surface area contributed by atoms with Crippen molar-refractivity contribution in [1.82, 2.24) is 4.90 Å². The largest absolute Gasteiger partial charge is 0.494 e. The minimum Gasteiger partial charge on any atom is -0.494 e. The number of carbonyl (C=O) groups excluding carboxylic acids is 1. The van der Waals surface area contributed by atoms with E-state index in [1.807, 2.05) is 30.1 Å². The molecule has 1 aliphatic rings. The SMILES string of the molecule is CN(C(=O)CCCOc1ccc2ccccc2c1)C1CCCCC1. The van der Waals surface area contributed by atoms with Gasteiger partial charge in [0.05, 0.1) is 6.61 Å². The lowest BCUT2D eigenvalue weighted by Crippen LogP contribution is -2.38. The summed E-state index contributed by atoms with van der Waals surface area (Å²) in [6.45, 7) is 0.586. The van der Waals surface area contributed by atoms with Crippen LogP contribution in [0.5, 0.6) is 5.75 Å². The minimum atomic E-state index is 0.254. The molecule has 0 radical (unpaired) electrons. The Bertz CT molecular complexity index is 676. The van der Waals surface area contributed by atoms with Gasteiger partial charge in [0, 0.05) is 19.5 Å². The molecule has 128 valence electrons. The van der Waals surface area contributed by atoms with Crippen molar-refractivity contribution in [2.75, 3.05) is 13.7 Å². The molecule has 2 aromatic rings. The number of nitrogens with zero attached hydrogens (tertiary/aromatic N) is 1. The Hall–Kier alpha value is -2.03. The van der Waals surface area contributed by atoms with Crippen molar-refractivity contribution >= 4 is 16.7 Å². The summed E-state index contributed by atoms with van der Waals surface area (Å²) in [6, 6.07) is 14.8. The second-order valence-corrected chi connectivity index (χ2v) is 6.76. The van der Waals surface area contributed by atoms with Crippen LogP contribution in [-0.2, 0) is 4.79 Å². The zero-order valence-electron chi connectivity index (χ0n) is 14.5. The molecule has 1 fully saturated rings. The first-order chi connectivity index (χ1) is 11.7. The molecular formula is C21H27NO2. The third-order valence-electron chi connectivity index (χ3n) is 5.04. The van der Waals surface area contributed by atoms with E-state index in [2.05, 4.69) is 24.3 Å². The van der Waals surface area contributed by atoms with Crippen LogP contribution < -0.4 is 4.74 Å². The highest BCUT2D eigenvalue weighted by Gasteiger charge is 2.21. The van der Waals surface area contributed by atoms with Crippen molar-refractivity contribution < 1.29 is 9.53 Å². The average Bonchev–Trinajstić information content (AvgIpc) is 2.65. The van der Waals surface area contributed by atoms with Gasteiger partial charge in [-0.25, -0.2) is 0 Å². The number of carbonyl (C=O) groups is 1. The fourth-order valence-electron chi connectivity index (χ4n) is 3.52. The smallest absolute Gasteiger partial charge is 0.222 e. The van der Waals surface area contributed by atoms with Crippen LogP contribution in [0.4, 0.5) is 0 Å². The molecule has 0 unspecified atom stereocenters. The van der Waals surface area contributed by atoms with E-state index in [0.29, 0.717) is 19.1 Å². The van der Waals surface area contributed by atoms with Crippen LogP contribution in [0.2, 0.25) is 0 Å². The van der Waals surface area contributed by atoms with E-state index in [9.17, 15) is 4.79 Å². The van der Waals surface area contributed by atoms with Gasteiger partial charge >= 0.3 is 0 Å². The van der Waals surface area contributed by atoms with E-state index in [1.54, 1.807) is 0 Å². The van der Waals surface area contributed by atoms with Gasteiger partial charge in [0.2, 0.25) is 5.91 Å². The number of hydrogen-bond donors (Lipinski definition) is 0. The third-order valence-corrected chi connectivity index (χ3v) is 5.04. The van der Waals surface area contributed by atoms with Crippen LogP contribution in [-0.4, -0.2) is 30.5 Å². The maximum absolute atomic E-state index is 12.3. The lowest BCUT2D eigenvalue weighted by Gasteiger charge is -2.31. The van der Waals surface area contributed by atoms with Gasteiger partial charge in [-0.1, -0.05) is 49.6 Å². The van der Waals surface area contributed by atoms with Gasteiger partial charge in [-0.2, -0.15) is 0 Å². The number of benzene rings is 2.